The molecule has 2 N–H and O–H groups in total. The summed E-state index contributed by atoms with van der Waals surface area (Å²) in [5, 5.41) is 11.3. The first-order chi connectivity index (χ1) is 9.72. The maximum Gasteiger partial charge on any atom is 0.335 e. The number of benzene rings is 1. The van der Waals surface area contributed by atoms with Gasteiger partial charge in [0.2, 0.25) is 5.91 Å². The van der Waals surface area contributed by atoms with Crippen molar-refractivity contribution in [1.29, 1.82) is 0 Å². The average Bonchev–Trinajstić information content (AvgIpc) is 2.37. The Hall–Kier alpha value is -1.89. The number of nitrogens with one attached hydrogen (secondary N) is 1. The number of hydrogen-bond acceptors (Lipinski definition) is 4. The minimum Gasteiger partial charge on any atom is -0.478 e. The van der Waals surface area contributed by atoms with Crippen molar-refractivity contribution in [3.63, 3.8) is 0 Å². The van der Waals surface area contributed by atoms with Gasteiger partial charge in [0.1, 0.15) is 5.75 Å². The highest BCUT2D eigenvalue weighted by atomic mass is 32.2. The van der Waals surface area contributed by atoms with Crippen molar-refractivity contribution in [2.75, 3.05) is 12.3 Å². The molecule has 6 nitrogen and oxygen atoms in total. The summed E-state index contributed by atoms with van der Waals surface area (Å²) in [5.41, 5.74) is -0.00432. The lowest BCUT2D eigenvalue weighted by Crippen LogP contribution is -2.31. The molecule has 0 heterocycles. The van der Waals surface area contributed by atoms with Gasteiger partial charge in [0.25, 0.3) is 0 Å². The topological polar surface area (TPSA) is 101 Å². The SMILES string of the molecule is CC(C)CCNC(=O)CS(=O)(=O)c1ccc(C(=O)O)cc1. The normalized spacial score (nSPS) is 11.4. The van der Waals surface area contributed by atoms with Crippen LogP contribution in [0.4, 0.5) is 0 Å². The monoisotopic (exact) mass is 313 g/mol. The molecule has 0 fully saturated rings. The molecule has 0 aliphatic carbocycles. The zero-order chi connectivity index (χ0) is 16.0. The minimum absolute atomic E-state index is 0.00432. The molecule has 0 bridgehead atoms. The summed E-state index contributed by atoms with van der Waals surface area (Å²) in [6.45, 7) is 4.45. The molecule has 21 heavy (non-hydrogen) atoms. The van der Waals surface area contributed by atoms with E-state index >= 15 is 0 Å². The van der Waals surface area contributed by atoms with E-state index in [1.165, 1.54) is 24.3 Å². The van der Waals surface area contributed by atoms with Crippen molar-refractivity contribution in [3.05, 3.63) is 29.8 Å². The van der Waals surface area contributed by atoms with E-state index in [9.17, 15) is 18.0 Å². The van der Waals surface area contributed by atoms with Crippen molar-refractivity contribution >= 4 is 21.7 Å². The maximum absolute atomic E-state index is 12.0. The third-order valence-corrected chi connectivity index (χ3v) is 4.46. The number of carbonyl (C=O) groups excluding carboxylic acids is 1. The van der Waals surface area contributed by atoms with Gasteiger partial charge in [-0.1, -0.05) is 13.8 Å². The molecule has 0 aliphatic rings. The van der Waals surface area contributed by atoms with Gasteiger partial charge in [0, 0.05) is 6.54 Å². The first kappa shape index (κ1) is 17.2. The summed E-state index contributed by atoms with van der Waals surface area (Å²) in [6.07, 6.45) is 0.777. The summed E-state index contributed by atoms with van der Waals surface area (Å²) in [7, 11) is -3.76. The summed E-state index contributed by atoms with van der Waals surface area (Å²) in [4.78, 5) is 22.2. The number of amides is 1. The number of hydrogen-bond donors (Lipinski definition) is 2. The lowest BCUT2D eigenvalue weighted by atomic mass is 10.1. The highest BCUT2D eigenvalue weighted by molar-refractivity contribution is 7.92. The predicted octanol–water partition coefficient (Wildman–Crippen LogP) is 1.32. The fraction of sp³-hybridized carbons (Fsp3) is 0.429. The second-order valence-corrected chi connectivity index (χ2v) is 7.11. The minimum atomic E-state index is -3.76. The lowest BCUT2D eigenvalue weighted by Gasteiger charge is -2.08. The number of rotatable bonds is 7. The lowest BCUT2D eigenvalue weighted by molar-refractivity contribution is -0.118. The Kier molecular flexibility index (Phi) is 5.90. The van der Waals surface area contributed by atoms with Gasteiger partial charge in [-0.25, -0.2) is 13.2 Å². The summed E-state index contributed by atoms with van der Waals surface area (Å²) < 4.78 is 24.0. The van der Waals surface area contributed by atoms with E-state index in [4.69, 9.17) is 5.11 Å². The van der Waals surface area contributed by atoms with Gasteiger partial charge in [-0.2, -0.15) is 0 Å². The maximum atomic E-state index is 12.0. The van der Waals surface area contributed by atoms with Crippen LogP contribution in [-0.2, 0) is 14.6 Å². The van der Waals surface area contributed by atoms with Crippen LogP contribution in [0.1, 0.15) is 30.6 Å². The zero-order valence-electron chi connectivity index (χ0n) is 12.0. The Morgan fingerprint density at radius 1 is 1.19 bits per heavy atom. The summed E-state index contributed by atoms with van der Waals surface area (Å²) in [5.74, 6) is -1.91. The van der Waals surface area contributed by atoms with E-state index in [1.54, 1.807) is 0 Å². The second-order valence-electron chi connectivity index (χ2n) is 5.12. The molecule has 1 rings (SSSR count). The Labute approximate surface area is 124 Å². The van der Waals surface area contributed by atoms with Gasteiger partial charge in [-0.05, 0) is 36.6 Å². The molecule has 0 saturated carbocycles. The Morgan fingerprint density at radius 3 is 2.24 bits per heavy atom. The number of carboxylic acids is 1. The number of carboxylic acid groups (broad SMARTS) is 1. The van der Waals surface area contributed by atoms with Gasteiger partial charge in [-0.3, -0.25) is 4.79 Å². The van der Waals surface area contributed by atoms with Gasteiger partial charge >= 0.3 is 5.97 Å². The van der Waals surface area contributed by atoms with Crippen LogP contribution in [0.2, 0.25) is 0 Å². The van der Waals surface area contributed by atoms with Crippen LogP contribution in [0.15, 0.2) is 29.2 Å². The molecule has 0 unspecified atom stereocenters. The number of aromatic carboxylic acids is 1. The molecule has 116 valence electrons. The fourth-order valence-corrected chi connectivity index (χ4v) is 2.78. The van der Waals surface area contributed by atoms with Crippen LogP contribution in [0.3, 0.4) is 0 Å². The molecule has 7 heteroatoms. The second kappa shape index (κ2) is 7.21. The van der Waals surface area contributed by atoms with Crippen molar-refractivity contribution < 1.29 is 23.1 Å². The van der Waals surface area contributed by atoms with Crippen LogP contribution < -0.4 is 5.32 Å². The molecule has 0 radical (unpaired) electrons. The highest BCUT2D eigenvalue weighted by Gasteiger charge is 2.19. The molecular formula is C14H19NO5S. The molecular weight excluding hydrogens is 294 g/mol. The Morgan fingerprint density at radius 2 is 1.76 bits per heavy atom. The van der Waals surface area contributed by atoms with Crippen molar-refractivity contribution in [3.8, 4) is 0 Å². The number of carbonyl (C=O) groups is 2. The highest BCUT2D eigenvalue weighted by Crippen LogP contribution is 2.12. The van der Waals surface area contributed by atoms with E-state index in [0.717, 1.165) is 6.42 Å². The molecule has 1 aromatic rings. The molecule has 0 aromatic heterocycles. The molecule has 0 saturated heterocycles. The van der Waals surface area contributed by atoms with E-state index in [2.05, 4.69) is 5.32 Å². The van der Waals surface area contributed by atoms with E-state index in [1.807, 2.05) is 13.8 Å². The Bertz CT molecular complexity index is 605. The average molecular weight is 313 g/mol. The van der Waals surface area contributed by atoms with Crippen LogP contribution in [-0.4, -0.2) is 37.7 Å². The Balaban J connectivity index is 2.68. The van der Waals surface area contributed by atoms with E-state index < -0.39 is 27.5 Å². The van der Waals surface area contributed by atoms with E-state index in [0.29, 0.717) is 12.5 Å². The number of sulfone groups is 1. The van der Waals surface area contributed by atoms with Crippen LogP contribution >= 0.6 is 0 Å². The fourth-order valence-electron chi connectivity index (χ4n) is 1.61. The molecule has 0 aliphatic heterocycles. The van der Waals surface area contributed by atoms with Gasteiger partial charge in [-0.15, -0.1) is 0 Å². The standard InChI is InChI=1S/C14H19NO5S/c1-10(2)7-8-15-13(16)9-21(19,20)12-5-3-11(4-6-12)14(17)18/h3-6,10H,7-9H2,1-2H3,(H,15,16)(H,17,18). The van der Waals surface area contributed by atoms with E-state index in [-0.39, 0.29) is 10.5 Å². The first-order valence-corrected chi connectivity index (χ1v) is 8.20. The van der Waals surface area contributed by atoms with Gasteiger partial charge in [0.05, 0.1) is 10.5 Å². The van der Waals surface area contributed by atoms with Crippen LogP contribution in [0.5, 0.6) is 0 Å². The van der Waals surface area contributed by atoms with Crippen LogP contribution in [0.25, 0.3) is 0 Å². The van der Waals surface area contributed by atoms with Gasteiger partial charge < -0.3 is 10.4 Å². The van der Waals surface area contributed by atoms with Crippen molar-refractivity contribution in [1.82, 2.24) is 5.32 Å². The third-order valence-electron chi connectivity index (χ3n) is 2.83. The molecule has 1 amide bonds. The van der Waals surface area contributed by atoms with Crippen LogP contribution in [0, 0.1) is 5.92 Å². The summed E-state index contributed by atoms with van der Waals surface area (Å²) >= 11 is 0. The quantitative estimate of drug-likeness (QED) is 0.790. The molecule has 0 atom stereocenters. The smallest absolute Gasteiger partial charge is 0.335 e. The molecule has 1 aromatic carbocycles. The summed E-state index contributed by atoms with van der Waals surface area (Å²) in [6, 6.07) is 4.79. The zero-order valence-corrected chi connectivity index (χ0v) is 12.8. The first-order valence-electron chi connectivity index (χ1n) is 6.55. The largest absolute Gasteiger partial charge is 0.478 e. The van der Waals surface area contributed by atoms with Gasteiger partial charge in [0.15, 0.2) is 9.84 Å². The predicted molar refractivity (Wildman–Crippen MR) is 77.9 cm³/mol. The van der Waals surface area contributed by atoms with Crippen molar-refractivity contribution in [2.24, 2.45) is 5.92 Å². The van der Waals surface area contributed by atoms with Crippen molar-refractivity contribution in [2.45, 2.75) is 25.2 Å². The molecule has 0 spiro atoms. The third kappa shape index (κ3) is 5.55.